The Morgan fingerprint density at radius 2 is 2.25 bits per heavy atom. The minimum atomic E-state index is -0.331. The van der Waals surface area contributed by atoms with Crippen molar-refractivity contribution < 1.29 is 4.74 Å². The van der Waals surface area contributed by atoms with Crippen molar-refractivity contribution in [3.63, 3.8) is 0 Å². The second-order valence-electron chi connectivity index (χ2n) is 2.94. The zero-order valence-corrected chi connectivity index (χ0v) is 7.45. The van der Waals surface area contributed by atoms with Crippen LogP contribution in [0.2, 0.25) is 0 Å². The molecular weight excluding hydrogens is 150 g/mol. The molecule has 0 aliphatic carbocycles. The van der Waals surface area contributed by atoms with E-state index in [4.69, 9.17) is 10.5 Å². The lowest BCUT2D eigenvalue weighted by Gasteiger charge is -2.15. The first-order valence-corrected chi connectivity index (χ1v) is 4.07. The molecule has 0 saturated heterocycles. The molecule has 0 aliphatic rings. The van der Waals surface area contributed by atoms with E-state index >= 15 is 0 Å². The highest BCUT2D eigenvalue weighted by atomic mass is 16.5. The normalized spacial score (nSPS) is 13.3. The minimum absolute atomic E-state index is 0.153. The molecule has 0 heterocycles. The maximum atomic E-state index is 5.75. The van der Waals surface area contributed by atoms with Gasteiger partial charge in [0.1, 0.15) is 6.23 Å². The Morgan fingerprint density at radius 3 is 2.75 bits per heavy atom. The summed E-state index contributed by atoms with van der Waals surface area (Å²) in [6.45, 7) is 3.93. The summed E-state index contributed by atoms with van der Waals surface area (Å²) in [4.78, 5) is 0. The fourth-order valence-electron chi connectivity index (χ4n) is 0.956. The smallest absolute Gasteiger partial charge is 0.132 e. The van der Waals surface area contributed by atoms with Crippen molar-refractivity contribution in [1.29, 1.82) is 0 Å². The van der Waals surface area contributed by atoms with Gasteiger partial charge in [-0.15, -0.1) is 0 Å². The van der Waals surface area contributed by atoms with E-state index in [1.165, 1.54) is 0 Å². The van der Waals surface area contributed by atoms with Crippen LogP contribution < -0.4 is 5.73 Å². The van der Waals surface area contributed by atoms with E-state index in [-0.39, 0.29) is 12.3 Å². The van der Waals surface area contributed by atoms with Gasteiger partial charge in [0.15, 0.2) is 0 Å². The predicted molar refractivity (Wildman–Crippen MR) is 48.4 cm³/mol. The highest BCUT2D eigenvalue weighted by Crippen LogP contribution is 2.11. The third-order valence-corrected chi connectivity index (χ3v) is 1.48. The first kappa shape index (κ1) is 9.23. The molecule has 1 aromatic carbocycles. The summed E-state index contributed by atoms with van der Waals surface area (Å²) in [7, 11) is 0. The van der Waals surface area contributed by atoms with Gasteiger partial charge in [-0.25, -0.2) is 0 Å². The van der Waals surface area contributed by atoms with E-state index in [0.29, 0.717) is 0 Å². The zero-order chi connectivity index (χ0) is 8.97. The number of benzene rings is 1. The van der Waals surface area contributed by atoms with Crippen molar-refractivity contribution in [3.8, 4) is 0 Å². The van der Waals surface area contributed by atoms with E-state index in [1.54, 1.807) is 0 Å². The molecule has 0 aliphatic heterocycles. The Bertz CT molecular complexity index is 221. The topological polar surface area (TPSA) is 35.2 Å². The summed E-state index contributed by atoms with van der Waals surface area (Å²) in [6.07, 6.45) is -0.178. The van der Waals surface area contributed by atoms with Gasteiger partial charge in [0.05, 0.1) is 6.10 Å². The number of hydrogen-bond acceptors (Lipinski definition) is 2. The molecule has 0 amide bonds. The molecule has 1 unspecified atom stereocenters. The van der Waals surface area contributed by atoms with Crippen molar-refractivity contribution in [2.45, 2.75) is 26.2 Å². The van der Waals surface area contributed by atoms with Crippen molar-refractivity contribution in [1.82, 2.24) is 0 Å². The van der Waals surface area contributed by atoms with Crippen LogP contribution in [0.15, 0.2) is 24.3 Å². The van der Waals surface area contributed by atoms with E-state index in [1.807, 2.05) is 38.1 Å². The lowest BCUT2D eigenvalue weighted by molar-refractivity contribution is 0.0104. The fourth-order valence-corrected chi connectivity index (χ4v) is 0.956. The Balaban J connectivity index is 2.59. The van der Waals surface area contributed by atoms with Crippen LogP contribution in [-0.4, -0.2) is 6.10 Å². The summed E-state index contributed by atoms with van der Waals surface area (Å²) in [5.41, 5.74) is 6.72. The quantitative estimate of drug-likeness (QED) is 0.692. The molecule has 0 spiro atoms. The van der Waals surface area contributed by atoms with Crippen LogP contribution in [0.3, 0.4) is 0 Å². The Morgan fingerprint density at radius 1 is 1.50 bits per heavy atom. The van der Waals surface area contributed by atoms with Crippen LogP contribution in [0.1, 0.15) is 25.6 Å². The molecule has 0 saturated carbocycles. The third kappa shape index (κ3) is 2.64. The van der Waals surface area contributed by atoms with Gasteiger partial charge >= 0.3 is 0 Å². The van der Waals surface area contributed by atoms with Crippen molar-refractivity contribution in [2.75, 3.05) is 0 Å². The first-order chi connectivity index (χ1) is 5.70. The summed E-state index contributed by atoms with van der Waals surface area (Å²) in [5.74, 6) is 0. The van der Waals surface area contributed by atoms with Crippen molar-refractivity contribution in [3.05, 3.63) is 35.9 Å². The Hall–Kier alpha value is -0.860. The molecule has 1 aromatic rings. The SMILES string of the molecule is CC(C)OC(N)c1c[c]ccc1. The second-order valence-corrected chi connectivity index (χ2v) is 2.94. The maximum absolute atomic E-state index is 5.75. The van der Waals surface area contributed by atoms with E-state index in [9.17, 15) is 0 Å². The van der Waals surface area contributed by atoms with Crippen LogP contribution in [0, 0.1) is 6.07 Å². The largest absolute Gasteiger partial charge is 0.357 e. The standard InChI is InChI=1S/C10H14NO/c1-8(2)12-10(11)9-6-4-3-5-7-9/h3-4,6-8,10H,11H2,1-2H3. The number of ether oxygens (including phenoxy) is 1. The maximum Gasteiger partial charge on any atom is 0.132 e. The van der Waals surface area contributed by atoms with Crippen LogP contribution in [0.25, 0.3) is 0 Å². The molecule has 2 N–H and O–H groups in total. The van der Waals surface area contributed by atoms with Crippen molar-refractivity contribution in [2.24, 2.45) is 5.73 Å². The summed E-state index contributed by atoms with van der Waals surface area (Å²) in [5, 5.41) is 0. The second kappa shape index (κ2) is 4.24. The molecule has 1 radical (unpaired) electrons. The Labute approximate surface area is 73.3 Å². The molecule has 0 bridgehead atoms. The minimum Gasteiger partial charge on any atom is -0.357 e. The predicted octanol–water partition coefficient (Wildman–Crippen LogP) is 1.87. The van der Waals surface area contributed by atoms with Crippen LogP contribution >= 0.6 is 0 Å². The van der Waals surface area contributed by atoms with Gasteiger partial charge in [-0.3, -0.25) is 0 Å². The number of nitrogens with two attached hydrogens (primary N) is 1. The lowest BCUT2D eigenvalue weighted by Crippen LogP contribution is -2.18. The van der Waals surface area contributed by atoms with Gasteiger partial charge < -0.3 is 10.5 Å². The summed E-state index contributed by atoms with van der Waals surface area (Å²) in [6, 6.07) is 10.5. The lowest BCUT2D eigenvalue weighted by atomic mass is 10.2. The molecule has 12 heavy (non-hydrogen) atoms. The highest BCUT2D eigenvalue weighted by molar-refractivity contribution is 5.15. The zero-order valence-electron chi connectivity index (χ0n) is 7.45. The fraction of sp³-hybridized carbons (Fsp3) is 0.400. The summed E-state index contributed by atoms with van der Waals surface area (Å²) < 4.78 is 5.39. The first-order valence-electron chi connectivity index (χ1n) is 4.07. The average molecular weight is 164 g/mol. The molecule has 65 valence electrons. The Kier molecular flexibility index (Phi) is 3.26. The molecule has 1 atom stereocenters. The molecule has 0 fully saturated rings. The van der Waals surface area contributed by atoms with Gasteiger partial charge in [0.2, 0.25) is 0 Å². The van der Waals surface area contributed by atoms with Crippen LogP contribution in [0.5, 0.6) is 0 Å². The van der Waals surface area contributed by atoms with Crippen LogP contribution in [-0.2, 0) is 4.74 Å². The monoisotopic (exact) mass is 164 g/mol. The average Bonchev–Trinajstić information content (AvgIpc) is 2.05. The number of rotatable bonds is 3. The van der Waals surface area contributed by atoms with Gasteiger partial charge in [0, 0.05) is 0 Å². The molecular formula is C10H14NO. The van der Waals surface area contributed by atoms with E-state index in [0.717, 1.165) is 5.56 Å². The highest BCUT2D eigenvalue weighted by Gasteiger charge is 2.06. The molecule has 2 nitrogen and oxygen atoms in total. The number of hydrogen-bond donors (Lipinski definition) is 1. The van der Waals surface area contributed by atoms with E-state index in [2.05, 4.69) is 6.07 Å². The van der Waals surface area contributed by atoms with Crippen LogP contribution in [0.4, 0.5) is 0 Å². The summed E-state index contributed by atoms with van der Waals surface area (Å²) >= 11 is 0. The third-order valence-electron chi connectivity index (χ3n) is 1.48. The van der Waals surface area contributed by atoms with Gasteiger partial charge in [0.25, 0.3) is 0 Å². The van der Waals surface area contributed by atoms with E-state index < -0.39 is 0 Å². The van der Waals surface area contributed by atoms with Gasteiger partial charge in [-0.2, -0.15) is 0 Å². The molecule has 1 rings (SSSR count). The van der Waals surface area contributed by atoms with Gasteiger partial charge in [-0.1, -0.05) is 18.2 Å². The molecule has 0 aromatic heterocycles. The molecule has 2 heteroatoms. The van der Waals surface area contributed by atoms with Crippen molar-refractivity contribution >= 4 is 0 Å². The van der Waals surface area contributed by atoms with Gasteiger partial charge in [-0.05, 0) is 31.5 Å².